The van der Waals surface area contributed by atoms with Crippen molar-refractivity contribution in [2.24, 2.45) is 0 Å². The molecule has 9 rings (SSSR count). The lowest BCUT2D eigenvalue weighted by molar-refractivity contribution is 0.476. The molecule has 3 heteroatoms. The fourth-order valence-electron chi connectivity index (χ4n) is 7.06. The molecule has 0 unspecified atom stereocenters. The number of benzene rings is 7. The fourth-order valence-corrected chi connectivity index (χ4v) is 7.06. The van der Waals surface area contributed by atoms with Gasteiger partial charge in [-0.05, 0) is 71.3 Å². The molecule has 0 amide bonds. The number of aromatic nitrogens is 2. The number of phenolic OH excluding ortho intramolecular Hbond substituents is 1. The number of nitrogens with zero attached hydrogens (tertiary/aromatic N) is 2. The average molecular weight is 577 g/mol. The smallest absolute Gasteiger partial charge is 0.116 e. The highest BCUT2D eigenvalue weighted by Gasteiger charge is 2.22. The van der Waals surface area contributed by atoms with Gasteiger partial charge in [0.05, 0.1) is 27.8 Å². The first-order valence-corrected chi connectivity index (χ1v) is 15.3. The molecular formula is C42H28N2O. The van der Waals surface area contributed by atoms with Crippen LogP contribution in [0, 0.1) is 0 Å². The molecule has 0 spiro atoms. The van der Waals surface area contributed by atoms with Crippen molar-refractivity contribution in [3.05, 3.63) is 164 Å². The van der Waals surface area contributed by atoms with Crippen LogP contribution < -0.4 is 0 Å². The highest BCUT2D eigenvalue weighted by Crippen LogP contribution is 2.44. The predicted octanol–water partition coefficient (Wildman–Crippen LogP) is 10.9. The van der Waals surface area contributed by atoms with Crippen molar-refractivity contribution in [2.75, 3.05) is 0 Å². The Balaban J connectivity index is 1.45. The maximum Gasteiger partial charge on any atom is 0.116 e. The SMILES string of the molecule is Oc1ccc2c(c1)c1c3c4ccccc4n(-c4cc(-c5ccccc5)ccc4-c4ccccc4)c3ccc1n2-c1ccccc1. The Hall–Kier alpha value is -6.06. The first kappa shape index (κ1) is 25.4. The van der Waals surface area contributed by atoms with Gasteiger partial charge in [-0.2, -0.15) is 0 Å². The topological polar surface area (TPSA) is 30.1 Å². The van der Waals surface area contributed by atoms with Crippen LogP contribution in [-0.4, -0.2) is 14.2 Å². The molecule has 212 valence electrons. The first-order valence-electron chi connectivity index (χ1n) is 15.3. The summed E-state index contributed by atoms with van der Waals surface area (Å²) < 4.78 is 4.73. The third-order valence-electron chi connectivity index (χ3n) is 8.99. The molecule has 45 heavy (non-hydrogen) atoms. The number of fused-ring (bicyclic) bond motifs is 7. The van der Waals surface area contributed by atoms with E-state index in [2.05, 4.69) is 149 Å². The molecule has 0 aliphatic carbocycles. The molecule has 0 atom stereocenters. The van der Waals surface area contributed by atoms with Crippen LogP contribution in [0.25, 0.3) is 77.2 Å². The van der Waals surface area contributed by atoms with Gasteiger partial charge in [-0.1, -0.05) is 109 Å². The van der Waals surface area contributed by atoms with E-state index in [1.165, 1.54) is 33.0 Å². The Labute approximate surface area is 260 Å². The molecule has 0 aliphatic heterocycles. The number of hydrogen-bond donors (Lipinski definition) is 1. The molecule has 0 saturated carbocycles. The van der Waals surface area contributed by atoms with Gasteiger partial charge in [0.25, 0.3) is 0 Å². The van der Waals surface area contributed by atoms with Crippen molar-refractivity contribution in [1.29, 1.82) is 0 Å². The number of hydrogen-bond acceptors (Lipinski definition) is 1. The molecule has 9 aromatic rings. The summed E-state index contributed by atoms with van der Waals surface area (Å²) in [5.41, 5.74) is 11.4. The third-order valence-corrected chi connectivity index (χ3v) is 8.99. The second-order valence-electron chi connectivity index (χ2n) is 11.5. The van der Waals surface area contributed by atoms with Crippen LogP contribution in [-0.2, 0) is 0 Å². The zero-order chi connectivity index (χ0) is 29.9. The minimum atomic E-state index is 0.261. The van der Waals surface area contributed by atoms with E-state index >= 15 is 0 Å². The monoisotopic (exact) mass is 576 g/mol. The van der Waals surface area contributed by atoms with E-state index in [1.54, 1.807) is 6.07 Å². The number of aromatic hydroxyl groups is 1. The third kappa shape index (κ3) is 3.91. The van der Waals surface area contributed by atoms with E-state index in [4.69, 9.17) is 0 Å². The van der Waals surface area contributed by atoms with Crippen molar-refractivity contribution in [2.45, 2.75) is 0 Å². The van der Waals surface area contributed by atoms with Gasteiger partial charge in [0, 0.05) is 32.8 Å². The van der Waals surface area contributed by atoms with Crippen LogP contribution in [0.5, 0.6) is 5.75 Å². The average Bonchev–Trinajstić information content (AvgIpc) is 3.61. The van der Waals surface area contributed by atoms with E-state index in [-0.39, 0.29) is 5.75 Å². The molecule has 0 bridgehead atoms. The Morgan fingerprint density at radius 1 is 0.378 bits per heavy atom. The molecule has 2 aromatic heterocycles. The number of para-hydroxylation sites is 2. The molecule has 7 aromatic carbocycles. The molecule has 1 N–H and O–H groups in total. The normalized spacial score (nSPS) is 11.6. The maximum atomic E-state index is 10.7. The zero-order valence-corrected chi connectivity index (χ0v) is 24.4. The second kappa shape index (κ2) is 10.0. The van der Waals surface area contributed by atoms with Crippen molar-refractivity contribution in [3.63, 3.8) is 0 Å². The molecule has 3 nitrogen and oxygen atoms in total. The summed E-state index contributed by atoms with van der Waals surface area (Å²) in [7, 11) is 0. The maximum absolute atomic E-state index is 10.7. The molecular weight excluding hydrogens is 548 g/mol. The van der Waals surface area contributed by atoms with E-state index in [9.17, 15) is 5.11 Å². The molecule has 0 saturated heterocycles. The van der Waals surface area contributed by atoms with Crippen LogP contribution in [0.15, 0.2) is 164 Å². The van der Waals surface area contributed by atoms with Crippen LogP contribution in [0.4, 0.5) is 0 Å². The number of rotatable bonds is 4. The van der Waals surface area contributed by atoms with Crippen molar-refractivity contribution < 1.29 is 5.11 Å². The van der Waals surface area contributed by atoms with Gasteiger partial charge in [-0.3, -0.25) is 0 Å². The summed E-state index contributed by atoms with van der Waals surface area (Å²) in [6, 6.07) is 57.4. The van der Waals surface area contributed by atoms with Gasteiger partial charge in [-0.25, -0.2) is 0 Å². The lowest BCUT2D eigenvalue weighted by atomic mass is 9.98. The van der Waals surface area contributed by atoms with Crippen LogP contribution in [0.3, 0.4) is 0 Å². The molecule has 2 heterocycles. The van der Waals surface area contributed by atoms with E-state index in [0.29, 0.717) is 0 Å². The molecule has 0 fully saturated rings. The van der Waals surface area contributed by atoms with Gasteiger partial charge in [0.15, 0.2) is 0 Å². The second-order valence-corrected chi connectivity index (χ2v) is 11.5. The predicted molar refractivity (Wildman–Crippen MR) is 188 cm³/mol. The van der Waals surface area contributed by atoms with Crippen molar-refractivity contribution in [1.82, 2.24) is 9.13 Å². The van der Waals surface area contributed by atoms with E-state index < -0.39 is 0 Å². The molecule has 0 radical (unpaired) electrons. The summed E-state index contributed by atoms with van der Waals surface area (Å²) in [4.78, 5) is 0. The van der Waals surface area contributed by atoms with Gasteiger partial charge in [0.1, 0.15) is 5.75 Å². The quantitative estimate of drug-likeness (QED) is 0.222. The van der Waals surface area contributed by atoms with Crippen LogP contribution >= 0.6 is 0 Å². The summed E-state index contributed by atoms with van der Waals surface area (Å²) >= 11 is 0. The van der Waals surface area contributed by atoms with E-state index in [1.807, 2.05) is 18.2 Å². The van der Waals surface area contributed by atoms with Gasteiger partial charge in [0.2, 0.25) is 0 Å². The number of phenols is 1. The molecule has 0 aliphatic rings. The van der Waals surface area contributed by atoms with E-state index in [0.717, 1.165) is 44.2 Å². The Kier molecular flexibility index (Phi) is 5.66. The summed E-state index contributed by atoms with van der Waals surface area (Å²) in [6.07, 6.45) is 0. The lowest BCUT2D eigenvalue weighted by Gasteiger charge is -2.16. The minimum absolute atomic E-state index is 0.261. The van der Waals surface area contributed by atoms with Crippen LogP contribution in [0.2, 0.25) is 0 Å². The Morgan fingerprint density at radius 3 is 1.71 bits per heavy atom. The zero-order valence-electron chi connectivity index (χ0n) is 24.4. The van der Waals surface area contributed by atoms with Gasteiger partial charge >= 0.3 is 0 Å². The highest BCUT2D eigenvalue weighted by atomic mass is 16.3. The standard InChI is InChI=1S/C42H28N2O/c45-32-21-23-37-35(27-32)42-38(43(37)31-16-8-3-9-17-31)24-25-39-41(42)34-18-10-11-19-36(34)44(39)40-26-30(28-12-4-1-5-13-28)20-22-33(40)29-14-6-2-7-15-29/h1-27,45H. The summed E-state index contributed by atoms with van der Waals surface area (Å²) in [5, 5.41) is 15.2. The lowest BCUT2D eigenvalue weighted by Crippen LogP contribution is -1.98. The van der Waals surface area contributed by atoms with Crippen molar-refractivity contribution >= 4 is 43.6 Å². The van der Waals surface area contributed by atoms with Gasteiger partial charge < -0.3 is 14.2 Å². The largest absolute Gasteiger partial charge is 0.508 e. The Morgan fingerprint density at radius 2 is 0.956 bits per heavy atom. The Bertz CT molecular complexity index is 2520. The minimum Gasteiger partial charge on any atom is -0.508 e. The highest BCUT2D eigenvalue weighted by molar-refractivity contribution is 6.29. The van der Waals surface area contributed by atoms with Gasteiger partial charge in [-0.15, -0.1) is 0 Å². The van der Waals surface area contributed by atoms with Crippen LogP contribution in [0.1, 0.15) is 0 Å². The fraction of sp³-hybridized carbons (Fsp3) is 0. The summed E-state index contributed by atoms with van der Waals surface area (Å²) in [5.74, 6) is 0.261. The first-order chi connectivity index (χ1) is 22.3. The summed E-state index contributed by atoms with van der Waals surface area (Å²) in [6.45, 7) is 0. The van der Waals surface area contributed by atoms with Crippen molar-refractivity contribution in [3.8, 4) is 39.4 Å².